The molecule has 0 saturated carbocycles. The second-order valence-electron chi connectivity index (χ2n) is 7.24. The Bertz CT molecular complexity index is 392. The van der Waals surface area contributed by atoms with Crippen molar-refractivity contribution < 1.29 is 9.53 Å². The lowest BCUT2D eigenvalue weighted by molar-refractivity contribution is -0.145. The third-order valence-corrected chi connectivity index (χ3v) is 4.98. The van der Waals surface area contributed by atoms with Crippen LogP contribution in [0.4, 0.5) is 0 Å². The minimum atomic E-state index is -0.827. The van der Waals surface area contributed by atoms with Crippen LogP contribution in [0.3, 0.4) is 0 Å². The maximum absolute atomic E-state index is 12.7. The fourth-order valence-corrected chi connectivity index (χ4v) is 3.34. The van der Waals surface area contributed by atoms with E-state index in [0.717, 1.165) is 25.9 Å². The van der Waals surface area contributed by atoms with Crippen LogP contribution in [-0.4, -0.2) is 37.1 Å². The van der Waals surface area contributed by atoms with Gasteiger partial charge < -0.3 is 9.64 Å². The quantitative estimate of drug-likeness (QED) is 0.741. The maximum Gasteiger partial charge on any atom is 0.243 e. The highest BCUT2D eigenvalue weighted by atomic mass is 16.5. The Kier molecular flexibility index (Phi) is 4.39. The van der Waals surface area contributed by atoms with Crippen molar-refractivity contribution >= 4 is 5.91 Å². The molecule has 0 radical (unpaired) electrons. The summed E-state index contributed by atoms with van der Waals surface area (Å²) in [6.07, 6.45) is 3.18. The fourth-order valence-electron chi connectivity index (χ4n) is 3.34. The smallest absolute Gasteiger partial charge is 0.243 e. The molecule has 0 aliphatic carbocycles. The molecule has 2 fully saturated rings. The zero-order valence-corrected chi connectivity index (χ0v) is 12.9. The molecule has 2 aliphatic rings. The van der Waals surface area contributed by atoms with E-state index in [0.29, 0.717) is 37.4 Å². The first-order chi connectivity index (χ1) is 9.39. The van der Waals surface area contributed by atoms with E-state index >= 15 is 0 Å². The molecule has 2 rings (SSSR count). The standard InChI is InChI=1S/C16H26N2O2/c1-15(2,3)13-4-8-18(9-5-13)14(19)16(12-17)6-10-20-11-7-16/h13H,4-11H2,1-3H3. The van der Waals surface area contributed by atoms with Crippen molar-refractivity contribution in [1.29, 1.82) is 5.26 Å². The number of nitriles is 1. The predicted octanol–water partition coefficient (Wildman–Crippen LogP) is 2.59. The lowest BCUT2D eigenvalue weighted by atomic mass is 9.74. The number of hydrogen-bond acceptors (Lipinski definition) is 3. The number of carbonyl (C=O) groups excluding carboxylic acids is 1. The van der Waals surface area contributed by atoms with Gasteiger partial charge in [-0.25, -0.2) is 0 Å². The summed E-state index contributed by atoms with van der Waals surface area (Å²) in [7, 11) is 0. The van der Waals surface area contributed by atoms with Crippen LogP contribution in [0.1, 0.15) is 46.5 Å². The third kappa shape index (κ3) is 2.98. The van der Waals surface area contributed by atoms with Gasteiger partial charge in [-0.1, -0.05) is 20.8 Å². The molecule has 0 spiro atoms. The Morgan fingerprint density at radius 1 is 1.25 bits per heavy atom. The van der Waals surface area contributed by atoms with Crippen LogP contribution in [0.25, 0.3) is 0 Å². The Labute approximate surface area is 122 Å². The molecule has 0 N–H and O–H groups in total. The zero-order valence-electron chi connectivity index (χ0n) is 12.9. The lowest BCUT2D eigenvalue weighted by Crippen LogP contribution is -2.49. The van der Waals surface area contributed by atoms with Gasteiger partial charge in [0.2, 0.25) is 5.91 Å². The molecule has 20 heavy (non-hydrogen) atoms. The van der Waals surface area contributed by atoms with Crippen molar-refractivity contribution in [2.45, 2.75) is 46.5 Å². The van der Waals surface area contributed by atoms with E-state index in [1.54, 1.807) is 0 Å². The van der Waals surface area contributed by atoms with Gasteiger partial charge in [-0.2, -0.15) is 5.26 Å². The number of piperidine rings is 1. The molecule has 2 aliphatic heterocycles. The van der Waals surface area contributed by atoms with Gasteiger partial charge in [0.1, 0.15) is 5.41 Å². The first-order valence-corrected chi connectivity index (χ1v) is 7.67. The van der Waals surface area contributed by atoms with E-state index in [1.165, 1.54) is 0 Å². The number of amides is 1. The highest BCUT2D eigenvalue weighted by molar-refractivity contribution is 5.85. The summed E-state index contributed by atoms with van der Waals surface area (Å²) in [5.41, 5.74) is -0.520. The minimum Gasteiger partial charge on any atom is -0.381 e. The molecule has 2 saturated heterocycles. The largest absolute Gasteiger partial charge is 0.381 e. The van der Waals surface area contributed by atoms with Crippen LogP contribution in [-0.2, 0) is 9.53 Å². The van der Waals surface area contributed by atoms with E-state index in [2.05, 4.69) is 26.8 Å². The SMILES string of the molecule is CC(C)(C)C1CCN(C(=O)C2(C#N)CCOCC2)CC1. The van der Waals surface area contributed by atoms with Gasteiger partial charge in [-0.15, -0.1) is 0 Å². The number of rotatable bonds is 1. The first-order valence-electron chi connectivity index (χ1n) is 7.67. The first kappa shape index (κ1) is 15.3. The van der Waals surface area contributed by atoms with E-state index in [9.17, 15) is 10.1 Å². The molecule has 112 valence electrons. The Balaban J connectivity index is 1.99. The summed E-state index contributed by atoms with van der Waals surface area (Å²) in [6.45, 7) is 9.45. The molecular formula is C16H26N2O2. The normalized spacial score (nSPS) is 24.2. The summed E-state index contributed by atoms with van der Waals surface area (Å²) < 4.78 is 5.30. The van der Waals surface area contributed by atoms with Gasteiger partial charge in [0.05, 0.1) is 6.07 Å². The Morgan fingerprint density at radius 2 is 1.80 bits per heavy atom. The van der Waals surface area contributed by atoms with E-state index < -0.39 is 5.41 Å². The Hall–Kier alpha value is -1.08. The molecule has 4 nitrogen and oxygen atoms in total. The molecule has 0 bridgehead atoms. The van der Waals surface area contributed by atoms with Gasteiger partial charge in [0, 0.05) is 26.3 Å². The van der Waals surface area contributed by atoms with Crippen molar-refractivity contribution in [3.8, 4) is 6.07 Å². The summed E-state index contributed by atoms with van der Waals surface area (Å²) in [6, 6.07) is 2.28. The van der Waals surface area contributed by atoms with Crippen molar-refractivity contribution in [3.05, 3.63) is 0 Å². The Morgan fingerprint density at radius 3 is 2.25 bits per heavy atom. The lowest BCUT2D eigenvalue weighted by Gasteiger charge is -2.41. The topological polar surface area (TPSA) is 53.3 Å². The van der Waals surface area contributed by atoms with Gasteiger partial charge in [-0.05, 0) is 37.0 Å². The van der Waals surface area contributed by atoms with Gasteiger partial charge in [0.25, 0.3) is 0 Å². The second-order valence-corrected chi connectivity index (χ2v) is 7.24. The average Bonchev–Trinajstić information content (AvgIpc) is 2.46. The summed E-state index contributed by atoms with van der Waals surface area (Å²) in [5, 5.41) is 9.47. The zero-order chi connectivity index (χ0) is 14.8. The van der Waals surface area contributed by atoms with Crippen LogP contribution in [0, 0.1) is 28.1 Å². The van der Waals surface area contributed by atoms with Crippen molar-refractivity contribution in [3.63, 3.8) is 0 Å². The second kappa shape index (κ2) is 5.73. The van der Waals surface area contributed by atoms with Crippen LogP contribution in [0.15, 0.2) is 0 Å². The molecule has 0 aromatic rings. The monoisotopic (exact) mass is 278 g/mol. The number of likely N-dealkylation sites (tertiary alicyclic amines) is 1. The van der Waals surface area contributed by atoms with E-state index in [-0.39, 0.29) is 5.91 Å². The van der Waals surface area contributed by atoms with E-state index in [1.807, 2.05) is 4.90 Å². The van der Waals surface area contributed by atoms with Gasteiger partial charge in [0.15, 0.2) is 0 Å². The molecular weight excluding hydrogens is 252 g/mol. The van der Waals surface area contributed by atoms with Crippen molar-refractivity contribution in [2.75, 3.05) is 26.3 Å². The number of nitrogens with zero attached hydrogens (tertiary/aromatic N) is 2. The molecule has 4 heteroatoms. The highest BCUT2D eigenvalue weighted by Crippen LogP contribution is 2.37. The van der Waals surface area contributed by atoms with Crippen LogP contribution < -0.4 is 0 Å². The summed E-state index contributed by atoms with van der Waals surface area (Å²) >= 11 is 0. The summed E-state index contributed by atoms with van der Waals surface area (Å²) in [5.74, 6) is 0.704. The maximum atomic E-state index is 12.7. The molecule has 0 unspecified atom stereocenters. The van der Waals surface area contributed by atoms with E-state index in [4.69, 9.17) is 4.74 Å². The number of ether oxygens (including phenoxy) is 1. The average molecular weight is 278 g/mol. The molecule has 0 aromatic heterocycles. The fraction of sp³-hybridized carbons (Fsp3) is 0.875. The molecule has 2 heterocycles. The van der Waals surface area contributed by atoms with Gasteiger partial charge >= 0.3 is 0 Å². The van der Waals surface area contributed by atoms with Crippen LogP contribution >= 0.6 is 0 Å². The highest BCUT2D eigenvalue weighted by Gasteiger charge is 2.44. The van der Waals surface area contributed by atoms with Crippen LogP contribution in [0.5, 0.6) is 0 Å². The summed E-state index contributed by atoms with van der Waals surface area (Å²) in [4.78, 5) is 14.6. The van der Waals surface area contributed by atoms with Crippen molar-refractivity contribution in [2.24, 2.45) is 16.7 Å². The molecule has 1 amide bonds. The number of carbonyl (C=O) groups is 1. The molecule has 0 aromatic carbocycles. The minimum absolute atomic E-state index is 0.0376. The molecule has 0 atom stereocenters. The third-order valence-electron chi connectivity index (χ3n) is 4.98. The van der Waals surface area contributed by atoms with Crippen molar-refractivity contribution in [1.82, 2.24) is 4.90 Å². The van der Waals surface area contributed by atoms with Crippen LogP contribution in [0.2, 0.25) is 0 Å². The predicted molar refractivity (Wildman–Crippen MR) is 76.9 cm³/mol. The van der Waals surface area contributed by atoms with Gasteiger partial charge in [-0.3, -0.25) is 4.79 Å². The number of hydrogen-bond donors (Lipinski definition) is 0.